The molecule has 1 amide bonds. The van der Waals surface area contributed by atoms with E-state index >= 15 is 0 Å². The molecule has 0 fully saturated rings. The molecule has 0 aliphatic heterocycles. The molecule has 4 atom stereocenters. The van der Waals surface area contributed by atoms with Crippen LogP contribution in [0.5, 0.6) is 0 Å². The Morgan fingerprint density at radius 1 is 1.57 bits per heavy atom. The van der Waals surface area contributed by atoms with Gasteiger partial charge in [0.25, 0.3) is 0 Å². The summed E-state index contributed by atoms with van der Waals surface area (Å²) in [6.07, 6.45) is 8.30. The maximum atomic E-state index is 12.3. The zero-order valence-electron chi connectivity index (χ0n) is 13.8. The monoisotopic (exact) mass is 296 g/mol. The standard InChI is InChI=1S/C17H32N2O2/c1-4-5-6-15(16(18)20)19-17(21)13(3)11-14-9-7-12(2)8-10-14/h9,12-13,15-16,20H,4-8,10-11,18H2,1-3H3,(H,19,21). The highest BCUT2D eigenvalue weighted by atomic mass is 16.3. The first-order chi connectivity index (χ1) is 9.93. The predicted octanol–water partition coefficient (Wildman–Crippen LogP) is 2.71. The second kappa shape index (κ2) is 9.21. The van der Waals surface area contributed by atoms with Crippen molar-refractivity contribution in [2.24, 2.45) is 17.6 Å². The lowest BCUT2D eigenvalue weighted by Crippen LogP contribution is -2.49. The zero-order chi connectivity index (χ0) is 15.8. The van der Waals surface area contributed by atoms with Gasteiger partial charge in [-0.05, 0) is 38.0 Å². The van der Waals surface area contributed by atoms with Gasteiger partial charge in [-0.1, -0.05) is 45.3 Å². The minimum Gasteiger partial charge on any atom is -0.377 e. The van der Waals surface area contributed by atoms with Gasteiger partial charge in [0, 0.05) is 5.92 Å². The molecule has 122 valence electrons. The van der Waals surface area contributed by atoms with E-state index in [1.54, 1.807) is 0 Å². The van der Waals surface area contributed by atoms with Crippen LogP contribution in [0.3, 0.4) is 0 Å². The highest BCUT2D eigenvalue weighted by molar-refractivity contribution is 5.78. The molecule has 0 aromatic carbocycles. The van der Waals surface area contributed by atoms with Gasteiger partial charge in [-0.25, -0.2) is 0 Å². The van der Waals surface area contributed by atoms with Gasteiger partial charge in [0.1, 0.15) is 6.23 Å². The molecule has 0 saturated heterocycles. The third-order valence-electron chi connectivity index (χ3n) is 4.39. The second-order valence-corrected chi connectivity index (χ2v) is 6.59. The molecular weight excluding hydrogens is 264 g/mol. The number of aliphatic hydroxyl groups excluding tert-OH is 1. The number of aliphatic hydroxyl groups is 1. The molecule has 0 spiro atoms. The van der Waals surface area contributed by atoms with Crippen LogP contribution >= 0.6 is 0 Å². The Balaban J connectivity index is 2.45. The Hall–Kier alpha value is -0.870. The van der Waals surface area contributed by atoms with Gasteiger partial charge in [0.05, 0.1) is 6.04 Å². The molecule has 21 heavy (non-hydrogen) atoms. The van der Waals surface area contributed by atoms with Gasteiger partial charge >= 0.3 is 0 Å². The van der Waals surface area contributed by atoms with Crippen molar-refractivity contribution in [3.05, 3.63) is 11.6 Å². The van der Waals surface area contributed by atoms with Crippen LogP contribution in [0.25, 0.3) is 0 Å². The van der Waals surface area contributed by atoms with E-state index in [1.165, 1.54) is 12.0 Å². The molecule has 1 aliphatic rings. The lowest BCUT2D eigenvalue weighted by atomic mass is 9.86. The first-order valence-electron chi connectivity index (χ1n) is 8.36. The van der Waals surface area contributed by atoms with Gasteiger partial charge in [-0.15, -0.1) is 0 Å². The minimum absolute atomic E-state index is 0.000116. The Morgan fingerprint density at radius 2 is 2.29 bits per heavy atom. The number of nitrogens with two attached hydrogens (primary N) is 1. The van der Waals surface area contributed by atoms with Crippen molar-refractivity contribution in [3.63, 3.8) is 0 Å². The molecule has 1 rings (SSSR count). The van der Waals surface area contributed by atoms with E-state index in [-0.39, 0.29) is 17.9 Å². The van der Waals surface area contributed by atoms with E-state index in [1.807, 2.05) is 6.92 Å². The molecule has 0 heterocycles. The average molecular weight is 296 g/mol. The van der Waals surface area contributed by atoms with Crippen molar-refractivity contribution < 1.29 is 9.90 Å². The molecule has 4 nitrogen and oxygen atoms in total. The first kappa shape index (κ1) is 18.2. The fourth-order valence-electron chi connectivity index (χ4n) is 2.77. The first-order valence-corrected chi connectivity index (χ1v) is 8.36. The summed E-state index contributed by atoms with van der Waals surface area (Å²) < 4.78 is 0. The summed E-state index contributed by atoms with van der Waals surface area (Å²) in [5.41, 5.74) is 6.95. The Kier molecular flexibility index (Phi) is 7.97. The van der Waals surface area contributed by atoms with E-state index < -0.39 is 6.23 Å². The summed E-state index contributed by atoms with van der Waals surface area (Å²) in [7, 11) is 0. The average Bonchev–Trinajstić information content (AvgIpc) is 2.45. The number of amides is 1. The second-order valence-electron chi connectivity index (χ2n) is 6.59. The molecule has 0 bridgehead atoms. The predicted molar refractivity (Wildman–Crippen MR) is 86.5 cm³/mol. The Labute approximate surface area is 129 Å². The number of hydrogen-bond acceptors (Lipinski definition) is 3. The van der Waals surface area contributed by atoms with Crippen LogP contribution in [0.4, 0.5) is 0 Å². The Morgan fingerprint density at radius 3 is 2.81 bits per heavy atom. The molecule has 4 heteroatoms. The van der Waals surface area contributed by atoms with E-state index in [0.717, 1.165) is 44.4 Å². The number of carbonyl (C=O) groups excluding carboxylic acids is 1. The quantitative estimate of drug-likeness (QED) is 0.476. The smallest absolute Gasteiger partial charge is 0.223 e. The van der Waals surface area contributed by atoms with Crippen molar-refractivity contribution in [2.75, 3.05) is 0 Å². The lowest BCUT2D eigenvalue weighted by Gasteiger charge is -2.24. The maximum Gasteiger partial charge on any atom is 0.223 e. The van der Waals surface area contributed by atoms with E-state index in [2.05, 4.69) is 25.2 Å². The van der Waals surface area contributed by atoms with Crippen molar-refractivity contribution in [1.82, 2.24) is 5.32 Å². The number of allylic oxidation sites excluding steroid dienone is 2. The van der Waals surface area contributed by atoms with Crippen LogP contribution in [0, 0.1) is 11.8 Å². The van der Waals surface area contributed by atoms with Crippen LogP contribution < -0.4 is 11.1 Å². The topological polar surface area (TPSA) is 75.4 Å². The van der Waals surface area contributed by atoms with Crippen molar-refractivity contribution in [3.8, 4) is 0 Å². The van der Waals surface area contributed by atoms with E-state index in [0.29, 0.717) is 0 Å². The summed E-state index contributed by atoms with van der Waals surface area (Å²) >= 11 is 0. The third-order valence-corrected chi connectivity index (χ3v) is 4.39. The SMILES string of the molecule is CCCCC(NC(=O)C(C)CC1=CCC(C)CC1)C(N)O. The summed E-state index contributed by atoms with van der Waals surface area (Å²) in [5, 5.41) is 12.5. The minimum atomic E-state index is -0.984. The number of hydrogen-bond donors (Lipinski definition) is 3. The van der Waals surface area contributed by atoms with Crippen molar-refractivity contribution in [1.29, 1.82) is 0 Å². The Bertz CT molecular complexity index is 353. The molecule has 0 aromatic heterocycles. The fourth-order valence-corrected chi connectivity index (χ4v) is 2.77. The largest absolute Gasteiger partial charge is 0.377 e. The number of carbonyl (C=O) groups is 1. The molecule has 0 radical (unpaired) electrons. The highest BCUT2D eigenvalue weighted by Gasteiger charge is 2.22. The maximum absolute atomic E-state index is 12.3. The summed E-state index contributed by atoms with van der Waals surface area (Å²) in [6, 6.07) is -0.333. The molecule has 1 aliphatic carbocycles. The molecule has 4 unspecified atom stereocenters. The number of unbranched alkanes of at least 4 members (excludes halogenated alkanes) is 1. The normalized spacial score (nSPS) is 23.1. The molecule has 4 N–H and O–H groups in total. The summed E-state index contributed by atoms with van der Waals surface area (Å²) in [4.78, 5) is 12.3. The molecule has 0 saturated carbocycles. The van der Waals surface area contributed by atoms with Crippen molar-refractivity contribution >= 4 is 5.91 Å². The highest BCUT2D eigenvalue weighted by Crippen LogP contribution is 2.27. The molecular formula is C17H32N2O2. The summed E-state index contributed by atoms with van der Waals surface area (Å²) in [5.74, 6) is 0.705. The van der Waals surface area contributed by atoms with Crippen LogP contribution in [0.15, 0.2) is 11.6 Å². The van der Waals surface area contributed by atoms with Gasteiger partial charge in [0.2, 0.25) is 5.91 Å². The van der Waals surface area contributed by atoms with Gasteiger partial charge in [-0.2, -0.15) is 0 Å². The van der Waals surface area contributed by atoms with Crippen molar-refractivity contribution in [2.45, 2.75) is 78.0 Å². The van der Waals surface area contributed by atoms with Gasteiger partial charge in [0.15, 0.2) is 0 Å². The van der Waals surface area contributed by atoms with Crippen LogP contribution in [-0.2, 0) is 4.79 Å². The zero-order valence-corrected chi connectivity index (χ0v) is 13.8. The number of nitrogens with one attached hydrogen (secondary N) is 1. The lowest BCUT2D eigenvalue weighted by molar-refractivity contribution is -0.126. The number of rotatable bonds is 8. The molecule has 0 aromatic rings. The van der Waals surface area contributed by atoms with Gasteiger partial charge in [-0.3, -0.25) is 4.79 Å². The van der Waals surface area contributed by atoms with Crippen LogP contribution in [-0.4, -0.2) is 23.3 Å². The summed E-state index contributed by atoms with van der Waals surface area (Å²) in [6.45, 7) is 6.30. The van der Waals surface area contributed by atoms with E-state index in [9.17, 15) is 9.90 Å². The van der Waals surface area contributed by atoms with Crippen LogP contribution in [0.2, 0.25) is 0 Å². The van der Waals surface area contributed by atoms with Crippen LogP contribution in [0.1, 0.15) is 65.7 Å². The third kappa shape index (κ3) is 6.62. The van der Waals surface area contributed by atoms with Gasteiger partial charge < -0.3 is 16.2 Å². The van der Waals surface area contributed by atoms with E-state index in [4.69, 9.17) is 5.73 Å². The fraction of sp³-hybridized carbons (Fsp3) is 0.824.